The number of nitrogens with zero attached hydrogens (tertiary/aromatic N) is 3. The fourth-order valence-electron chi connectivity index (χ4n) is 6.57. The summed E-state index contributed by atoms with van der Waals surface area (Å²) >= 11 is 0. The Bertz CT molecular complexity index is 762. The van der Waals surface area contributed by atoms with Gasteiger partial charge in [0.1, 0.15) is 5.54 Å². The SMILES string of the molecule is N#CC1(c2ccccc2)CCC[C@@H]2[C@H]3C[C@@H](CN21)[C@@H]1CCCCN1C3.[O-][Cl+3]([O-])([O-])O. The van der Waals surface area contributed by atoms with Crippen molar-refractivity contribution < 1.29 is 28.9 Å². The van der Waals surface area contributed by atoms with Gasteiger partial charge < -0.3 is 0 Å². The minimum atomic E-state index is -4.69. The lowest BCUT2D eigenvalue weighted by molar-refractivity contribution is -1.92. The second-order valence-electron chi connectivity index (χ2n) is 9.16. The molecule has 8 heteroatoms. The van der Waals surface area contributed by atoms with Gasteiger partial charge in [0, 0.05) is 25.2 Å². The Balaban J connectivity index is 0.000000393. The van der Waals surface area contributed by atoms with Crippen LogP contribution in [-0.4, -0.2) is 46.2 Å². The van der Waals surface area contributed by atoms with Crippen molar-refractivity contribution in [3.05, 3.63) is 35.9 Å². The second kappa shape index (κ2) is 8.71. The predicted molar refractivity (Wildman–Crippen MR) is 101 cm³/mol. The maximum Gasteiger partial charge on any atom is 0.135 e. The molecule has 4 aliphatic rings. The zero-order valence-corrected chi connectivity index (χ0v) is 17.9. The highest BCUT2D eigenvalue weighted by molar-refractivity contribution is 5.33. The normalized spacial score (nSPS) is 36.5. The zero-order chi connectivity index (χ0) is 21.4. The van der Waals surface area contributed by atoms with Crippen LogP contribution in [0, 0.1) is 33.4 Å². The number of rotatable bonds is 1. The second-order valence-corrected chi connectivity index (χ2v) is 9.95. The van der Waals surface area contributed by atoms with E-state index < -0.39 is 15.8 Å². The quantitative estimate of drug-likeness (QED) is 0.639. The number of benzene rings is 1. The molecule has 30 heavy (non-hydrogen) atoms. The molecule has 1 aromatic rings. The van der Waals surface area contributed by atoms with Crippen LogP contribution in [0.25, 0.3) is 0 Å². The van der Waals surface area contributed by atoms with Crippen LogP contribution in [0.15, 0.2) is 30.3 Å². The summed E-state index contributed by atoms with van der Waals surface area (Å²) in [6.07, 6.45) is 9.03. The molecule has 4 saturated heterocycles. The van der Waals surface area contributed by atoms with Gasteiger partial charge in [-0.15, -0.1) is 0 Å². The molecule has 4 fully saturated rings. The molecule has 5 rings (SSSR count). The maximum absolute atomic E-state index is 10.3. The molecule has 1 aromatic carbocycles. The lowest BCUT2D eigenvalue weighted by atomic mass is 9.67. The van der Waals surface area contributed by atoms with Crippen LogP contribution in [0.4, 0.5) is 0 Å². The van der Waals surface area contributed by atoms with E-state index in [2.05, 4.69) is 46.2 Å². The van der Waals surface area contributed by atoms with Crippen LogP contribution in [-0.2, 0) is 5.54 Å². The van der Waals surface area contributed by atoms with Crippen LogP contribution < -0.4 is 14.0 Å². The molecule has 1 N–H and O–H groups in total. The fraction of sp³-hybridized carbons (Fsp3) is 0.682. The lowest BCUT2D eigenvalue weighted by Crippen LogP contribution is -2.67. The minimum absolute atomic E-state index is 0.391. The summed E-state index contributed by atoms with van der Waals surface area (Å²) in [6, 6.07) is 14.8. The van der Waals surface area contributed by atoms with Gasteiger partial charge in [0.25, 0.3) is 0 Å². The molecule has 0 amide bonds. The number of nitriles is 1. The Kier molecular flexibility index (Phi) is 6.38. The molecular weight excluding hydrogens is 406 g/mol. The van der Waals surface area contributed by atoms with Crippen LogP contribution in [0.1, 0.15) is 50.5 Å². The average Bonchev–Trinajstić information content (AvgIpc) is 2.73. The van der Waals surface area contributed by atoms with Gasteiger partial charge in [0.05, 0.1) is 21.0 Å². The molecule has 0 radical (unpaired) electrons. The van der Waals surface area contributed by atoms with Crippen LogP contribution in [0.2, 0.25) is 0 Å². The van der Waals surface area contributed by atoms with Gasteiger partial charge in [0.15, 0.2) is 0 Å². The number of halogens is 1. The molecule has 4 aliphatic heterocycles. The Morgan fingerprint density at radius 2 is 1.67 bits per heavy atom. The van der Waals surface area contributed by atoms with Gasteiger partial charge in [-0.3, -0.25) is 9.80 Å². The van der Waals surface area contributed by atoms with E-state index >= 15 is 0 Å². The van der Waals surface area contributed by atoms with Gasteiger partial charge in [0.2, 0.25) is 0 Å². The van der Waals surface area contributed by atoms with Crippen LogP contribution in [0.3, 0.4) is 0 Å². The van der Waals surface area contributed by atoms with Gasteiger partial charge in [-0.05, 0) is 62.5 Å². The highest BCUT2D eigenvalue weighted by Crippen LogP contribution is 2.49. The van der Waals surface area contributed by atoms with E-state index in [0.717, 1.165) is 30.8 Å². The summed E-state index contributed by atoms with van der Waals surface area (Å²) in [4.78, 5) is 5.47. The summed E-state index contributed by atoms with van der Waals surface area (Å²) < 4.78 is 32.7. The molecule has 0 aliphatic carbocycles. The van der Waals surface area contributed by atoms with E-state index in [1.807, 2.05) is 0 Å². The van der Waals surface area contributed by atoms with Crippen molar-refractivity contribution in [1.82, 2.24) is 9.80 Å². The number of hydrogen-bond donors (Lipinski definition) is 1. The third kappa shape index (κ3) is 4.37. The first kappa shape index (κ1) is 22.0. The van der Waals surface area contributed by atoms with Crippen molar-refractivity contribution in [2.24, 2.45) is 11.8 Å². The summed E-state index contributed by atoms with van der Waals surface area (Å²) in [5, 5.41) is 10.3. The standard InChI is InChI=1S/C22H29N3.ClHO4/c23-16-22(19-7-2-1-3-8-19)11-6-10-21-17-13-18(15-25(21)22)20-9-4-5-12-24(20)14-17;2-1(3,4)5/h1-3,7-8,17-18,20-21H,4-6,9-15H2;(H,2,3,4,5)/t17-,18-,20-,21+,22?;/m0./s1. The zero-order valence-electron chi connectivity index (χ0n) is 17.2. The molecule has 164 valence electrons. The molecule has 2 bridgehead atoms. The van der Waals surface area contributed by atoms with E-state index in [9.17, 15) is 5.26 Å². The molecule has 0 spiro atoms. The van der Waals surface area contributed by atoms with Crippen molar-refractivity contribution in [3.8, 4) is 6.07 Å². The smallest absolute Gasteiger partial charge is 0.135 e. The summed E-state index contributed by atoms with van der Waals surface area (Å²) in [5.41, 5.74) is 0.834. The summed E-state index contributed by atoms with van der Waals surface area (Å²) in [5.74, 6) is 1.54. The van der Waals surface area contributed by atoms with Gasteiger partial charge in [-0.1, -0.05) is 36.8 Å². The minimum Gasteiger partial charge on any atom is -0.300 e. The fourth-order valence-corrected chi connectivity index (χ4v) is 6.57. The number of hydrogen-bond acceptors (Lipinski definition) is 7. The third-order valence-corrected chi connectivity index (χ3v) is 7.62. The van der Waals surface area contributed by atoms with Gasteiger partial charge in [-0.25, -0.2) is 0 Å². The molecule has 7 nitrogen and oxygen atoms in total. The monoisotopic (exact) mass is 435 g/mol. The van der Waals surface area contributed by atoms with Crippen LogP contribution in [0.5, 0.6) is 0 Å². The van der Waals surface area contributed by atoms with Crippen molar-refractivity contribution in [2.75, 3.05) is 19.6 Å². The summed E-state index contributed by atoms with van der Waals surface area (Å²) in [6.45, 7) is 3.72. The lowest BCUT2D eigenvalue weighted by Gasteiger charge is -2.60. The van der Waals surface area contributed by atoms with E-state index in [1.165, 1.54) is 57.2 Å². The molecule has 0 saturated carbocycles. The van der Waals surface area contributed by atoms with Crippen molar-refractivity contribution >= 4 is 0 Å². The summed E-state index contributed by atoms with van der Waals surface area (Å²) in [7, 11) is -4.69. The Morgan fingerprint density at radius 1 is 1.00 bits per heavy atom. The maximum atomic E-state index is 10.3. The van der Waals surface area contributed by atoms with Crippen molar-refractivity contribution in [2.45, 2.75) is 62.6 Å². The van der Waals surface area contributed by atoms with Crippen molar-refractivity contribution in [3.63, 3.8) is 0 Å². The van der Waals surface area contributed by atoms with Crippen molar-refractivity contribution in [1.29, 1.82) is 5.26 Å². The van der Waals surface area contributed by atoms with Gasteiger partial charge >= 0.3 is 0 Å². The van der Waals surface area contributed by atoms with E-state index in [-0.39, 0.29) is 0 Å². The largest absolute Gasteiger partial charge is 0.300 e. The van der Waals surface area contributed by atoms with E-state index in [0.29, 0.717) is 6.04 Å². The molecule has 0 aromatic heterocycles. The Hall–Kier alpha value is -1.24. The first-order chi connectivity index (χ1) is 14.3. The van der Waals surface area contributed by atoms with Crippen LogP contribution >= 0.6 is 0 Å². The molecular formula is C22H30ClN3O4. The van der Waals surface area contributed by atoms with E-state index in [4.69, 9.17) is 18.6 Å². The highest BCUT2D eigenvalue weighted by Gasteiger charge is 2.54. The predicted octanol–water partition coefficient (Wildman–Crippen LogP) is -0.360. The molecule has 1 unspecified atom stereocenters. The average molecular weight is 436 g/mol. The third-order valence-electron chi connectivity index (χ3n) is 7.62. The number of piperidine rings is 4. The Labute approximate surface area is 180 Å². The molecule has 4 heterocycles. The van der Waals surface area contributed by atoms with Gasteiger partial charge in [-0.2, -0.15) is 19.2 Å². The Morgan fingerprint density at radius 3 is 2.37 bits per heavy atom. The molecule has 5 atom stereocenters. The van der Waals surface area contributed by atoms with E-state index in [1.54, 1.807) is 0 Å². The highest BCUT2D eigenvalue weighted by atomic mass is 35.7. The first-order valence-corrected chi connectivity index (χ1v) is 12.2. The first-order valence-electron chi connectivity index (χ1n) is 10.9. The topological polar surface area (TPSA) is 120 Å². The number of fused-ring (bicyclic) bond motifs is 6.